The zero-order chi connectivity index (χ0) is 25.6. The summed E-state index contributed by atoms with van der Waals surface area (Å²) < 4.78 is 11.3. The molecule has 0 aliphatic carbocycles. The van der Waals surface area contributed by atoms with Crippen molar-refractivity contribution in [3.05, 3.63) is 93.6 Å². The monoisotopic (exact) mass is 546 g/mol. The highest BCUT2D eigenvalue weighted by Gasteiger charge is 2.48. The molecule has 0 radical (unpaired) electrons. The average molecular weight is 547 g/mol. The molecule has 1 saturated heterocycles. The number of nitrogens with zero attached hydrogens (tertiary/aromatic N) is 1. The molecule has 0 bridgehead atoms. The average Bonchev–Trinajstić information content (AvgIpc) is 3.35. The normalized spacial score (nSPS) is 17.1. The first-order valence-electron chi connectivity index (χ1n) is 11.2. The van der Waals surface area contributed by atoms with Crippen LogP contribution in [-0.2, 0) is 9.59 Å². The van der Waals surface area contributed by atoms with Gasteiger partial charge in [0.1, 0.15) is 17.3 Å². The lowest BCUT2D eigenvalue weighted by Gasteiger charge is -2.26. The number of H-pyrrole nitrogens is 1. The number of aryl methyl sites for hydroxylation is 1. The van der Waals surface area contributed by atoms with Gasteiger partial charge in [-0.15, -0.1) is 0 Å². The predicted octanol–water partition coefficient (Wildman–Crippen LogP) is 5.88. The van der Waals surface area contributed by atoms with E-state index in [1.807, 2.05) is 31.2 Å². The van der Waals surface area contributed by atoms with Crippen molar-refractivity contribution in [2.45, 2.75) is 13.0 Å². The number of nitrogens with one attached hydrogen (secondary N) is 1. The molecule has 0 spiro atoms. The number of hydrogen-bond acceptors (Lipinski definition) is 5. The van der Waals surface area contributed by atoms with E-state index in [0.29, 0.717) is 27.2 Å². The summed E-state index contributed by atoms with van der Waals surface area (Å²) in [7, 11) is 3.08. The second-order valence-electron chi connectivity index (χ2n) is 8.43. The third kappa shape index (κ3) is 3.74. The SMILES string of the molecule is COc1cccc(N2C(=O)C(=O)/C(=C(/O)c3ccc(OC)c(Br)c3)C2c2c(C)[nH]c3ccccc23)c1. The predicted molar refractivity (Wildman–Crippen MR) is 142 cm³/mol. The maximum atomic E-state index is 13.5. The Morgan fingerprint density at radius 1 is 1.00 bits per heavy atom. The van der Waals surface area contributed by atoms with E-state index in [0.717, 1.165) is 22.2 Å². The maximum Gasteiger partial charge on any atom is 0.300 e. The van der Waals surface area contributed by atoms with Gasteiger partial charge in [0.25, 0.3) is 11.7 Å². The summed E-state index contributed by atoms with van der Waals surface area (Å²) in [6.07, 6.45) is 0. The van der Waals surface area contributed by atoms with Crippen LogP contribution in [0.5, 0.6) is 11.5 Å². The first kappa shape index (κ1) is 23.7. The lowest BCUT2D eigenvalue weighted by atomic mass is 9.93. The molecule has 1 aromatic heterocycles. The smallest absolute Gasteiger partial charge is 0.300 e. The van der Waals surface area contributed by atoms with E-state index >= 15 is 0 Å². The molecule has 1 aliphatic rings. The van der Waals surface area contributed by atoms with Crippen LogP contribution in [-0.4, -0.2) is 36.0 Å². The van der Waals surface area contributed by atoms with Crippen molar-refractivity contribution in [1.82, 2.24) is 4.98 Å². The minimum absolute atomic E-state index is 0.00717. The number of ketones is 1. The van der Waals surface area contributed by atoms with Gasteiger partial charge >= 0.3 is 0 Å². The van der Waals surface area contributed by atoms with Crippen molar-refractivity contribution in [2.24, 2.45) is 0 Å². The molecule has 2 heterocycles. The van der Waals surface area contributed by atoms with Gasteiger partial charge in [0.15, 0.2) is 0 Å². The second kappa shape index (κ2) is 9.20. The van der Waals surface area contributed by atoms with E-state index in [1.165, 1.54) is 12.0 Å². The van der Waals surface area contributed by atoms with E-state index < -0.39 is 17.7 Å². The number of aromatic amines is 1. The number of aliphatic hydroxyl groups excluding tert-OH is 1. The summed E-state index contributed by atoms with van der Waals surface area (Å²) >= 11 is 3.43. The number of methoxy groups -OCH3 is 2. The zero-order valence-electron chi connectivity index (χ0n) is 19.8. The topological polar surface area (TPSA) is 91.9 Å². The number of halogens is 1. The summed E-state index contributed by atoms with van der Waals surface area (Å²) in [6, 6.07) is 18.8. The largest absolute Gasteiger partial charge is 0.507 e. The van der Waals surface area contributed by atoms with E-state index in [2.05, 4.69) is 20.9 Å². The van der Waals surface area contributed by atoms with Crippen LogP contribution < -0.4 is 14.4 Å². The van der Waals surface area contributed by atoms with E-state index in [1.54, 1.807) is 49.6 Å². The van der Waals surface area contributed by atoms with Crippen molar-refractivity contribution in [3.63, 3.8) is 0 Å². The summed E-state index contributed by atoms with van der Waals surface area (Å²) in [5.74, 6) is -0.643. The van der Waals surface area contributed by atoms with E-state index in [-0.39, 0.29) is 11.3 Å². The van der Waals surface area contributed by atoms with Crippen LogP contribution in [0.2, 0.25) is 0 Å². The molecule has 36 heavy (non-hydrogen) atoms. The summed E-state index contributed by atoms with van der Waals surface area (Å²) in [5.41, 5.74) is 3.27. The molecule has 2 N–H and O–H groups in total. The van der Waals surface area contributed by atoms with Crippen LogP contribution in [0.3, 0.4) is 0 Å². The number of hydrogen-bond donors (Lipinski definition) is 2. The van der Waals surface area contributed by atoms with Gasteiger partial charge in [0.05, 0.1) is 30.3 Å². The number of ether oxygens (including phenoxy) is 2. The highest BCUT2D eigenvalue weighted by Crippen LogP contribution is 2.46. The van der Waals surface area contributed by atoms with Crippen molar-refractivity contribution >= 4 is 50.0 Å². The molecule has 0 saturated carbocycles. The van der Waals surface area contributed by atoms with Crippen molar-refractivity contribution in [2.75, 3.05) is 19.1 Å². The van der Waals surface area contributed by atoms with Gasteiger partial charge in [-0.05, 0) is 59.3 Å². The molecule has 1 amide bonds. The Hall–Kier alpha value is -4.04. The van der Waals surface area contributed by atoms with Gasteiger partial charge in [-0.25, -0.2) is 0 Å². The fraction of sp³-hybridized carbons (Fsp3) is 0.143. The van der Waals surface area contributed by atoms with Crippen LogP contribution in [0.15, 0.2) is 76.8 Å². The summed E-state index contributed by atoms with van der Waals surface area (Å²) in [5, 5.41) is 12.3. The Labute approximate surface area is 216 Å². The Balaban J connectivity index is 1.80. The quantitative estimate of drug-likeness (QED) is 0.185. The molecule has 7 nitrogen and oxygen atoms in total. The van der Waals surface area contributed by atoms with Gasteiger partial charge in [-0.1, -0.05) is 24.3 Å². The summed E-state index contributed by atoms with van der Waals surface area (Å²) in [6.45, 7) is 1.89. The number of amides is 1. The molecule has 182 valence electrons. The van der Waals surface area contributed by atoms with Crippen LogP contribution in [0.4, 0.5) is 5.69 Å². The third-order valence-corrected chi connectivity index (χ3v) is 7.04. The Kier molecular flexibility index (Phi) is 6.05. The number of para-hydroxylation sites is 1. The van der Waals surface area contributed by atoms with Crippen molar-refractivity contribution in [1.29, 1.82) is 0 Å². The van der Waals surface area contributed by atoms with Crippen LogP contribution in [0, 0.1) is 6.92 Å². The fourth-order valence-corrected chi connectivity index (χ4v) is 5.29. The number of aromatic nitrogens is 1. The molecule has 1 fully saturated rings. The molecular weight excluding hydrogens is 524 g/mol. The second-order valence-corrected chi connectivity index (χ2v) is 9.28. The van der Waals surface area contributed by atoms with Crippen molar-refractivity contribution in [3.8, 4) is 11.5 Å². The van der Waals surface area contributed by atoms with E-state index in [4.69, 9.17) is 9.47 Å². The van der Waals surface area contributed by atoms with Gasteiger partial charge in [-0.3, -0.25) is 14.5 Å². The Bertz CT molecular complexity index is 1550. The number of benzene rings is 3. The summed E-state index contributed by atoms with van der Waals surface area (Å²) in [4.78, 5) is 31.8. The molecule has 1 aliphatic heterocycles. The lowest BCUT2D eigenvalue weighted by molar-refractivity contribution is -0.132. The Morgan fingerprint density at radius 3 is 2.50 bits per heavy atom. The molecule has 3 aromatic carbocycles. The minimum atomic E-state index is -0.867. The highest BCUT2D eigenvalue weighted by molar-refractivity contribution is 9.10. The van der Waals surface area contributed by atoms with Crippen molar-refractivity contribution < 1.29 is 24.2 Å². The molecule has 8 heteroatoms. The number of fused-ring (bicyclic) bond motifs is 1. The molecule has 4 aromatic rings. The molecular formula is C28H23BrN2O5. The van der Waals surface area contributed by atoms with Gasteiger partial charge in [0, 0.05) is 39.5 Å². The van der Waals surface area contributed by atoms with Crippen LogP contribution in [0.25, 0.3) is 16.7 Å². The molecule has 5 rings (SSSR count). The Morgan fingerprint density at radius 2 is 1.78 bits per heavy atom. The number of rotatable bonds is 5. The first-order valence-corrected chi connectivity index (χ1v) is 12.0. The third-order valence-electron chi connectivity index (χ3n) is 6.42. The van der Waals surface area contributed by atoms with E-state index in [9.17, 15) is 14.7 Å². The zero-order valence-corrected chi connectivity index (χ0v) is 21.4. The van der Waals surface area contributed by atoms with Crippen LogP contribution in [0.1, 0.15) is 22.9 Å². The van der Waals surface area contributed by atoms with Gasteiger partial charge < -0.3 is 19.6 Å². The number of anilines is 1. The molecule has 1 atom stereocenters. The minimum Gasteiger partial charge on any atom is -0.507 e. The molecule has 1 unspecified atom stereocenters. The van der Waals surface area contributed by atoms with Crippen LogP contribution >= 0.6 is 15.9 Å². The maximum absolute atomic E-state index is 13.5. The number of carbonyl (C=O) groups excluding carboxylic acids is 2. The number of aliphatic hydroxyl groups is 1. The number of Topliss-reactive ketones (excluding diaryl/α,β-unsaturated/α-hetero) is 1. The number of carbonyl (C=O) groups is 2. The van der Waals surface area contributed by atoms with Gasteiger partial charge in [0.2, 0.25) is 0 Å². The van der Waals surface area contributed by atoms with Gasteiger partial charge in [-0.2, -0.15) is 0 Å². The first-order chi connectivity index (χ1) is 17.3. The fourth-order valence-electron chi connectivity index (χ4n) is 4.75. The highest BCUT2D eigenvalue weighted by atomic mass is 79.9. The standard InChI is InChI=1S/C28H23BrN2O5/c1-15-23(19-9-4-5-10-21(19)30-15)25-24(26(32)16-11-12-22(36-3)20(29)13-16)27(33)28(34)31(25)17-7-6-8-18(14-17)35-2/h4-14,25,30,32H,1-3H3/b26-24+. The lowest BCUT2D eigenvalue weighted by Crippen LogP contribution is -2.29.